The third kappa shape index (κ3) is 6.63. The fraction of sp³-hybridized carbons (Fsp3) is 0.682. The van der Waals surface area contributed by atoms with Crippen molar-refractivity contribution in [1.82, 2.24) is 5.06 Å². The average molecular weight is 442 g/mol. The van der Waals surface area contributed by atoms with Gasteiger partial charge in [-0.15, -0.1) is 0 Å². The number of piperidine rings is 1. The van der Waals surface area contributed by atoms with Crippen molar-refractivity contribution in [3.05, 3.63) is 35.9 Å². The zero-order valence-corrected chi connectivity index (χ0v) is 19.9. The van der Waals surface area contributed by atoms with Crippen LogP contribution in [0.25, 0.3) is 0 Å². The molecule has 0 aliphatic carbocycles. The van der Waals surface area contributed by atoms with E-state index in [9.17, 15) is 9.36 Å². The first-order chi connectivity index (χ1) is 14.0. The molecule has 1 aromatic rings. The maximum Gasteiger partial charge on any atom is 0.338 e. The number of esters is 1. The van der Waals surface area contributed by atoms with Gasteiger partial charge in [-0.25, -0.2) is 4.79 Å². The molecule has 1 fully saturated rings. The van der Waals surface area contributed by atoms with Gasteiger partial charge in [0, 0.05) is 23.9 Å². The maximum absolute atomic E-state index is 12.7. The molecule has 0 saturated carbocycles. The fourth-order valence-electron chi connectivity index (χ4n) is 4.20. The molecule has 170 valence electrons. The summed E-state index contributed by atoms with van der Waals surface area (Å²) in [4.78, 5) is 18.6. The van der Waals surface area contributed by atoms with E-state index < -0.39 is 7.60 Å². The van der Waals surface area contributed by atoms with Crippen LogP contribution in [0, 0.1) is 0 Å². The fourth-order valence-corrected chi connectivity index (χ4v) is 5.63. The molecule has 0 bridgehead atoms. The predicted molar refractivity (Wildman–Crippen MR) is 117 cm³/mol. The monoisotopic (exact) mass is 441 g/mol. The minimum Gasteiger partial charge on any atom is -0.459 e. The minimum absolute atomic E-state index is 0.184. The molecule has 1 aliphatic rings. The summed E-state index contributed by atoms with van der Waals surface area (Å²) in [7, 11) is -3.16. The Balaban J connectivity index is 2.01. The van der Waals surface area contributed by atoms with E-state index >= 15 is 0 Å². The zero-order valence-electron chi connectivity index (χ0n) is 19.1. The standard InChI is InChI=1S/C22H36NO6P/c1-7-27-30(25,28-8-2)15-14-26-23-21(3,4)16-19(17-22(23,5)6)29-20(24)18-12-10-9-11-13-18/h9-13,19H,7-8,14-17H2,1-6H3. The van der Waals surface area contributed by atoms with Crippen LogP contribution in [0.1, 0.15) is 64.7 Å². The quantitative estimate of drug-likeness (QED) is 0.371. The average Bonchev–Trinajstić information content (AvgIpc) is 2.64. The van der Waals surface area contributed by atoms with Gasteiger partial charge in [0.15, 0.2) is 0 Å². The Morgan fingerprint density at radius 2 is 1.57 bits per heavy atom. The molecule has 0 unspecified atom stereocenters. The van der Waals surface area contributed by atoms with Crippen molar-refractivity contribution in [2.75, 3.05) is 26.0 Å². The topological polar surface area (TPSA) is 74.3 Å². The molecule has 1 aromatic carbocycles. The molecule has 0 aromatic heterocycles. The lowest BCUT2D eigenvalue weighted by Crippen LogP contribution is -2.62. The first kappa shape index (κ1) is 25.0. The lowest BCUT2D eigenvalue weighted by Gasteiger charge is -2.53. The Morgan fingerprint density at radius 1 is 1.03 bits per heavy atom. The highest BCUT2D eigenvalue weighted by molar-refractivity contribution is 7.53. The summed E-state index contributed by atoms with van der Waals surface area (Å²) < 4.78 is 29.2. The maximum atomic E-state index is 12.7. The second-order valence-electron chi connectivity index (χ2n) is 8.72. The van der Waals surface area contributed by atoms with Crippen molar-refractivity contribution in [3.8, 4) is 0 Å². The van der Waals surface area contributed by atoms with E-state index in [1.165, 1.54) is 0 Å². The molecular weight excluding hydrogens is 405 g/mol. The molecule has 2 rings (SSSR count). The number of hydrogen-bond donors (Lipinski definition) is 0. The smallest absolute Gasteiger partial charge is 0.338 e. The second-order valence-corrected chi connectivity index (χ2v) is 10.9. The normalized spacial score (nSPS) is 19.5. The van der Waals surface area contributed by atoms with E-state index in [2.05, 4.69) is 27.7 Å². The molecule has 0 N–H and O–H groups in total. The van der Waals surface area contributed by atoms with E-state index in [1.54, 1.807) is 26.0 Å². The number of ether oxygens (including phenoxy) is 1. The van der Waals surface area contributed by atoms with Gasteiger partial charge in [0.25, 0.3) is 0 Å². The number of nitrogens with zero attached hydrogens (tertiary/aromatic N) is 1. The first-order valence-electron chi connectivity index (χ1n) is 10.6. The molecule has 8 heteroatoms. The Bertz CT molecular complexity index is 708. The summed E-state index contributed by atoms with van der Waals surface area (Å²) in [5.41, 5.74) is -0.218. The van der Waals surface area contributed by atoms with Crippen LogP contribution in [0.3, 0.4) is 0 Å². The summed E-state index contributed by atoms with van der Waals surface area (Å²) in [5, 5.41) is 1.94. The number of hydroxylamine groups is 2. The molecule has 1 saturated heterocycles. The highest BCUT2D eigenvalue weighted by Crippen LogP contribution is 2.48. The van der Waals surface area contributed by atoms with Crippen LogP contribution in [0.15, 0.2) is 30.3 Å². The minimum atomic E-state index is -3.16. The lowest BCUT2D eigenvalue weighted by molar-refractivity contribution is -0.289. The van der Waals surface area contributed by atoms with Crippen LogP contribution in [-0.2, 0) is 23.2 Å². The summed E-state index contributed by atoms with van der Waals surface area (Å²) in [5.74, 6) is -0.309. The van der Waals surface area contributed by atoms with E-state index in [0.29, 0.717) is 31.6 Å². The summed E-state index contributed by atoms with van der Waals surface area (Å²) in [6, 6.07) is 9.03. The lowest BCUT2D eigenvalue weighted by atomic mass is 9.80. The van der Waals surface area contributed by atoms with Gasteiger partial charge in [-0.3, -0.25) is 9.40 Å². The van der Waals surface area contributed by atoms with Crippen LogP contribution >= 0.6 is 7.60 Å². The number of carbonyl (C=O) groups excluding carboxylic acids is 1. The van der Waals surface area contributed by atoms with Crippen molar-refractivity contribution in [1.29, 1.82) is 0 Å². The molecule has 7 nitrogen and oxygen atoms in total. The van der Waals surface area contributed by atoms with E-state index in [-0.39, 0.29) is 35.9 Å². The molecule has 1 aliphatic heterocycles. The van der Waals surface area contributed by atoms with Gasteiger partial charge >= 0.3 is 13.6 Å². The molecule has 1 heterocycles. The zero-order chi connectivity index (χ0) is 22.4. The molecule has 30 heavy (non-hydrogen) atoms. The van der Waals surface area contributed by atoms with E-state index in [0.717, 1.165) is 0 Å². The van der Waals surface area contributed by atoms with Crippen LogP contribution in [0.2, 0.25) is 0 Å². The Morgan fingerprint density at radius 3 is 2.07 bits per heavy atom. The van der Waals surface area contributed by atoms with Gasteiger partial charge in [-0.05, 0) is 53.7 Å². The van der Waals surface area contributed by atoms with Crippen molar-refractivity contribution in [2.24, 2.45) is 0 Å². The molecule has 0 spiro atoms. The van der Waals surface area contributed by atoms with Crippen LogP contribution < -0.4 is 0 Å². The SMILES string of the molecule is CCOP(=O)(CCON1C(C)(C)CC(OC(=O)c2ccccc2)CC1(C)C)OCC. The summed E-state index contributed by atoms with van der Waals surface area (Å²) >= 11 is 0. The Labute approximate surface area is 180 Å². The number of hydrogen-bond acceptors (Lipinski definition) is 7. The largest absolute Gasteiger partial charge is 0.459 e. The van der Waals surface area contributed by atoms with Gasteiger partial charge in [0.2, 0.25) is 0 Å². The first-order valence-corrected chi connectivity index (χ1v) is 12.3. The van der Waals surface area contributed by atoms with Crippen LogP contribution in [0.4, 0.5) is 0 Å². The predicted octanol–water partition coefficient (Wildman–Crippen LogP) is 5.06. The molecular formula is C22H36NO6P. The van der Waals surface area contributed by atoms with Crippen molar-refractivity contribution in [2.45, 2.75) is 71.6 Å². The van der Waals surface area contributed by atoms with Crippen LogP contribution in [0.5, 0.6) is 0 Å². The van der Waals surface area contributed by atoms with E-state index in [4.69, 9.17) is 18.6 Å². The highest BCUT2D eigenvalue weighted by Gasteiger charge is 2.48. The third-order valence-corrected chi connectivity index (χ3v) is 7.11. The third-order valence-electron chi connectivity index (χ3n) is 5.07. The highest BCUT2D eigenvalue weighted by atomic mass is 31.2. The van der Waals surface area contributed by atoms with Gasteiger partial charge in [-0.2, -0.15) is 5.06 Å². The second kappa shape index (κ2) is 10.4. The van der Waals surface area contributed by atoms with Gasteiger partial charge in [0.05, 0.1) is 31.5 Å². The van der Waals surface area contributed by atoms with Gasteiger partial charge < -0.3 is 13.8 Å². The number of carbonyl (C=O) groups is 1. The summed E-state index contributed by atoms with van der Waals surface area (Å²) in [6.45, 7) is 12.7. The molecule has 0 atom stereocenters. The van der Waals surface area contributed by atoms with Crippen molar-refractivity contribution < 1.29 is 28.0 Å². The van der Waals surface area contributed by atoms with Crippen LogP contribution in [-0.4, -0.2) is 54.2 Å². The molecule has 0 radical (unpaired) electrons. The Kier molecular flexibility index (Phi) is 8.66. The van der Waals surface area contributed by atoms with Crippen molar-refractivity contribution in [3.63, 3.8) is 0 Å². The van der Waals surface area contributed by atoms with Crippen molar-refractivity contribution >= 4 is 13.6 Å². The molecule has 0 amide bonds. The van der Waals surface area contributed by atoms with Gasteiger partial charge in [0.1, 0.15) is 6.10 Å². The van der Waals surface area contributed by atoms with Gasteiger partial charge in [-0.1, -0.05) is 18.2 Å². The Hall–Kier alpha value is -1.24. The number of benzene rings is 1. The number of rotatable bonds is 10. The van der Waals surface area contributed by atoms with E-state index in [1.807, 2.05) is 23.3 Å². The summed E-state index contributed by atoms with van der Waals surface area (Å²) in [6.07, 6.45) is 1.22.